The van der Waals surface area contributed by atoms with Crippen molar-refractivity contribution >= 4 is 40.4 Å². The Morgan fingerprint density at radius 1 is 1.29 bits per heavy atom. The third-order valence-corrected chi connectivity index (χ3v) is 5.66. The van der Waals surface area contributed by atoms with Gasteiger partial charge in [-0.2, -0.15) is 5.26 Å². The second kappa shape index (κ2) is 5.62. The number of thiazole rings is 1. The van der Waals surface area contributed by atoms with Gasteiger partial charge >= 0.3 is 0 Å². The molecule has 0 bridgehead atoms. The van der Waals surface area contributed by atoms with E-state index in [2.05, 4.69) is 21.1 Å². The Morgan fingerprint density at radius 2 is 2.04 bits per heavy atom. The zero-order valence-electron chi connectivity index (χ0n) is 12.7. The summed E-state index contributed by atoms with van der Waals surface area (Å²) in [7, 11) is 0. The maximum atomic E-state index is 8.93. The van der Waals surface area contributed by atoms with Crippen molar-refractivity contribution in [1.29, 1.82) is 5.26 Å². The number of hydrogen-bond acceptors (Lipinski definition) is 6. The highest BCUT2D eigenvalue weighted by atomic mass is 35.5. The molecule has 8 heteroatoms. The normalized spacial score (nSPS) is 22.1. The van der Waals surface area contributed by atoms with E-state index in [-0.39, 0.29) is 0 Å². The Balaban J connectivity index is 1.52. The summed E-state index contributed by atoms with van der Waals surface area (Å²) in [5.74, 6) is 0.873. The summed E-state index contributed by atoms with van der Waals surface area (Å²) in [6, 6.07) is 7.50. The lowest BCUT2D eigenvalue weighted by molar-refractivity contribution is -0.00738. The average Bonchev–Trinajstić information content (AvgIpc) is 3.18. The highest BCUT2D eigenvalue weighted by molar-refractivity contribution is 7.12. The lowest BCUT2D eigenvalue weighted by Crippen LogP contribution is -2.29. The fourth-order valence-electron chi connectivity index (χ4n) is 2.97. The first-order valence-electron chi connectivity index (χ1n) is 7.32. The van der Waals surface area contributed by atoms with Crippen molar-refractivity contribution in [1.82, 2.24) is 9.88 Å². The Hall–Kier alpha value is -1.81. The van der Waals surface area contributed by atoms with Gasteiger partial charge in [-0.1, -0.05) is 28.4 Å². The molecule has 4 rings (SSSR count). The number of nitriles is 1. The van der Waals surface area contributed by atoms with Crippen LogP contribution in [0.2, 0.25) is 10.0 Å². The van der Waals surface area contributed by atoms with Gasteiger partial charge in [0.1, 0.15) is 11.9 Å². The summed E-state index contributed by atoms with van der Waals surface area (Å²) in [6.07, 6.45) is 0.629. The molecule has 2 aliphatic heterocycles. The van der Waals surface area contributed by atoms with E-state index in [1.807, 2.05) is 19.1 Å². The molecule has 0 radical (unpaired) electrons. The van der Waals surface area contributed by atoms with Crippen LogP contribution in [0.25, 0.3) is 0 Å². The molecule has 3 heterocycles. The largest absolute Gasteiger partial charge is 0.383 e. The summed E-state index contributed by atoms with van der Waals surface area (Å²) in [4.78, 5) is 13.3. The molecule has 0 aliphatic carbocycles. The molecule has 0 amide bonds. The van der Waals surface area contributed by atoms with Crippen molar-refractivity contribution in [3.63, 3.8) is 0 Å². The Kier molecular flexibility index (Phi) is 3.68. The van der Waals surface area contributed by atoms with Crippen LogP contribution in [0, 0.1) is 11.3 Å². The van der Waals surface area contributed by atoms with Gasteiger partial charge in [0.05, 0.1) is 30.1 Å². The van der Waals surface area contributed by atoms with Crippen molar-refractivity contribution in [3.8, 4) is 6.07 Å². The van der Waals surface area contributed by atoms with Gasteiger partial charge in [0.25, 0.3) is 0 Å². The lowest BCUT2D eigenvalue weighted by atomic mass is 9.92. The fourth-order valence-corrected chi connectivity index (χ4v) is 4.38. The molecule has 0 saturated carbocycles. The first-order valence-corrected chi connectivity index (χ1v) is 8.89. The summed E-state index contributed by atoms with van der Waals surface area (Å²) in [5, 5.41) is 14.9. The van der Waals surface area contributed by atoms with Crippen LogP contribution in [0.1, 0.15) is 34.5 Å². The second-order valence-corrected chi connectivity index (χ2v) is 7.98. The van der Waals surface area contributed by atoms with E-state index in [9.17, 15) is 0 Å². The van der Waals surface area contributed by atoms with E-state index in [1.54, 1.807) is 6.07 Å². The highest BCUT2D eigenvalue weighted by Crippen LogP contribution is 2.39. The Bertz CT molecular complexity index is 860. The summed E-state index contributed by atoms with van der Waals surface area (Å²) in [6.45, 7) is 3.34. The number of rotatable bonds is 1. The first-order chi connectivity index (χ1) is 11.5. The van der Waals surface area contributed by atoms with E-state index >= 15 is 0 Å². The Morgan fingerprint density at radius 3 is 2.71 bits per heavy atom. The Labute approximate surface area is 153 Å². The molecule has 0 spiro atoms. The molecule has 1 unspecified atom stereocenters. The molecule has 2 aromatic rings. The van der Waals surface area contributed by atoms with Gasteiger partial charge < -0.3 is 9.74 Å². The molecule has 0 saturated heterocycles. The molecular formula is C16H12Cl2N4OS. The topological polar surface area (TPSA) is 61.5 Å². The van der Waals surface area contributed by atoms with Gasteiger partial charge in [0, 0.05) is 15.6 Å². The van der Waals surface area contributed by atoms with Gasteiger partial charge in [0.15, 0.2) is 10.6 Å². The van der Waals surface area contributed by atoms with Gasteiger partial charge in [-0.05, 0) is 25.1 Å². The third kappa shape index (κ3) is 2.63. The van der Waals surface area contributed by atoms with Crippen molar-refractivity contribution < 1.29 is 4.84 Å². The maximum Gasteiger partial charge on any atom is 0.194 e. The van der Waals surface area contributed by atoms with Crippen LogP contribution in [0.15, 0.2) is 23.4 Å². The summed E-state index contributed by atoms with van der Waals surface area (Å²) in [5.41, 5.74) is 1.27. The number of amidine groups is 1. The van der Waals surface area contributed by atoms with Gasteiger partial charge in [0.2, 0.25) is 0 Å². The maximum absolute atomic E-state index is 8.93. The number of benzene rings is 1. The van der Waals surface area contributed by atoms with Crippen LogP contribution in [0.4, 0.5) is 0 Å². The standard InChI is InChI=1S/C16H12Cl2N4OS/c1-16(9-2-10(17)4-11(18)3-9)5-14(21-23-16)22-7-12-13(8-22)24-15(6-19)20-12/h2-4H,5,7-8H2,1H3. The highest BCUT2D eigenvalue weighted by Gasteiger charge is 2.40. The van der Waals surface area contributed by atoms with E-state index in [1.165, 1.54) is 11.3 Å². The predicted octanol–water partition coefficient (Wildman–Crippen LogP) is 4.29. The first kappa shape index (κ1) is 15.7. The zero-order valence-corrected chi connectivity index (χ0v) is 15.0. The van der Waals surface area contributed by atoms with Gasteiger partial charge in [-0.3, -0.25) is 0 Å². The van der Waals surface area contributed by atoms with E-state index in [4.69, 9.17) is 33.3 Å². The van der Waals surface area contributed by atoms with Crippen LogP contribution in [0.5, 0.6) is 0 Å². The predicted molar refractivity (Wildman–Crippen MR) is 93.0 cm³/mol. The smallest absolute Gasteiger partial charge is 0.194 e. The van der Waals surface area contributed by atoms with E-state index in [0.717, 1.165) is 22.0 Å². The van der Waals surface area contributed by atoms with E-state index in [0.29, 0.717) is 34.6 Å². The number of oxime groups is 1. The van der Waals surface area contributed by atoms with Crippen molar-refractivity contribution in [2.24, 2.45) is 5.16 Å². The number of aromatic nitrogens is 1. The SMILES string of the molecule is CC1(c2cc(Cl)cc(Cl)c2)CC(N2Cc3nc(C#N)sc3C2)=NO1. The number of fused-ring (bicyclic) bond motifs is 1. The van der Waals surface area contributed by atoms with Crippen LogP contribution in [-0.2, 0) is 23.5 Å². The molecule has 1 aromatic heterocycles. The van der Waals surface area contributed by atoms with Crippen LogP contribution < -0.4 is 0 Å². The minimum absolute atomic E-state index is 0.516. The molecule has 0 N–H and O–H groups in total. The second-order valence-electron chi connectivity index (χ2n) is 6.02. The molecule has 2 aliphatic rings. The molecule has 122 valence electrons. The molecule has 5 nitrogen and oxygen atoms in total. The summed E-state index contributed by atoms with van der Waals surface area (Å²) < 4.78 is 0. The third-order valence-electron chi connectivity index (χ3n) is 4.24. The molecule has 1 atom stereocenters. The molecule has 24 heavy (non-hydrogen) atoms. The lowest BCUT2D eigenvalue weighted by Gasteiger charge is -2.23. The zero-order chi connectivity index (χ0) is 16.9. The van der Waals surface area contributed by atoms with Crippen LogP contribution in [-0.4, -0.2) is 15.7 Å². The molecule has 0 fully saturated rings. The van der Waals surface area contributed by atoms with E-state index < -0.39 is 5.60 Å². The van der Waals surface area contributed by atoms with Gasteiger partial charge in [-0.25, -0.2) is 4.98 Å². The minimum atomic E-state index is -0.592. The molecule has 1 aromatic carbocycles. The van der Waals surface area contributed by atoms with Crippen molar-refractivity contribution in [2.45, 2.75) is 32.0 Å². The number of hydrogen-bond donors (Lipinski definition) is 0. The van der Waals surface area contributed by atoms with Crippen LogP contribution >= 0.6 is 34.5 Å². The minimum Gasteiger partial charge on any atom is -0.383 e. The number of halogens is 2. The van der Waals surface area contributed by atoms with Crippen molar-refractivity contribution in [3.05, 3.63) is 49.4 Å². The van der Waals surface area contributed by atoms with Crippen LogP contribution in [0.3, 0.4) is 0 Å². The van der Waals surface area contributed by atoms with Crippen molar-refractivity contribution in [2.75, 3.05) is 0 Å². The molecular weight excluding hydrogens is 367 g/mol. The monoisotopic (exact) mass is 378 g/mol. The summed E-state index contributed by atoms with van der Waals surface area (Å²) >= 11 is 13.7. The number of nitrogens with zero attached hydrogens (tertiary/aromatic N) is 4. The fraction of sp³-hybridized carbons (Fsp3) is 0.312. The quantitative estimate of drug-likeness (QED) is 0.742. The van der Waals surface area contributed by atoms with Gasteiger partial charge in [-0.15, -0.1) is 11.3 Å². The average molecular weight is 379 g/mol.